The fourth-order valence-corrected chi connectivity index (χ4v) is 2.72. The molecule has 82 valence electrons. The van der Waals surface area contributed by atoms with Crippen LogP contribution in [-0.2, 0) is 14.3 Å². The van der Waals surface area contributed by atoms with E-state index >= 15 is 0 Å². The fourth-order valence-electron chi connectivity index (χ4n) is 2.72. The molecule has 0 spiro atoms. The normalized spacial score (nSPS) is 39.1. The summed E-state index contributed by atoms with van der Waals surface area (Å²) < 4.78 is 4.75. The van der Waals surface area contributed by atoms with Crippen LogP contribution in [0.15, 0.2) is 12.2 Å². The van der Waals surface area contributed by atoms with Crippen molar-refractivity contribution in [1.29, 1.82) is 0 Å². The Kier molecular flexibility index (Phi) is 2.63. The van der Waals surface area contributed by atoms with Gasteiger partial charge in [-0.15, -0.1) is 0 Å². The number of rotatable bonds is 2. The van der Waals surface area contributed by atoms with Crippen LogP contribution in [0.25, 0.3) is 0 Å². The third-order valence-electron chi connectivity index (χ3n) is 3.60. The van der Waals surface area contributed by atoms with Gasteiger partial charge in [0.15, 0.2) is 0 Å². The van der Waals surface area contributed by atoms with E-state index in [9.17, 15) is 9.59 Å². The van der Waals surface area contributed by atoms with Crippen molar-refractivity contribution in [1.82, 2.24) is 0 Å². The Morgan fingerprint density at radius 3 is 1.73 bits per heavy atom. The SMILES string of the molecule is CCC1C=CC(CC)C2C(=O)OC(=O)C12. The number of hydrogen-bond acceptors (Lipinski definition) is 3. The topological polar surface area (TPSA) is 43.4 Å². The van der Waals surface area contributed by atoms with Gasteiger partial charge in [0, 0.05) is 0 Å². The highest BCUT2D eigenvalue weighted by molar-refractivity contribution is 5.97. The molecule has 1 saturated heterocycles. The summed E-state index contributed by atoms with van der Waals surface area (Å²) in [5.41, 5.74) is 0. The van der Waals surface area contributed by atoms with Gasteiger partial charge in [0.1, 0.15) is 0 Å². The van der Waals surface area contributed by atoms with Gasteiger partial charge in [-0.3, -0.25) is 9.59 Å². The first-order valence-electron chi connectivity index (χ1n) is 5.62. The second-order valence-electron chi connectivity index (χ2n) is 4.32. The van der Waals surface area contributed by atoms with Gasteiger partial charge in [-0.2, -0.15) is 0 Å². The molecule has 1 heterocycles. The molecule has 0 aromatic carbocycles. The van der Waals surface area contributed by atoms with E-state index in [1.807, 2.05) is 13.8 Å². The lowest BCUT2D eigenvalue weighted by Gasteiger charge is -2.29. The summed E-state index contributed by atoms with van der Waals surface area (Å²) in [6, 6.07) is 0. The molecule has 0 bridgehead atoms. The third kappa shape index (κ3) is 1.50. The molecule has 2 aliphatic rings. The Balaban J connectivity index is 2.34. The Hall–Kier alpha value is -1.12. The predicted octanol–water partition coefficient (Wildman–Crippen LogP) is 1.92. The smallest absolute Gasteiger partial charge is 0.318 e. The molecule has 0 amide bonds. The van der Waals surface area contributed by atoms with Crippen molar-refractivity contribution >= 4 is 11.9 Å². The largest absolute Gasteiger partial charge is 0.393 e. The predicted molar refractivity (Wildman–Crippen MR) is 54.8 cm³/mol. The van der Waals surface area contributed by atoms with Crippen LogP contribution in [-0.4, -0.2) is 11.9 Å². The van der Waals surface area contributed by atoms with Crippen LogP contribution >= 0.6 is 0 Å². The molecule has 1 fully saturated rings. The van der Waals surface area contributed by atoms with Crippen molar-refractivity contribution in [3.05, 3.63) is 12.2 Å². The average Bonchev–Trinajstić information content (AvgIpc) is 2.54. The number of allylic oxidation sites excluding steroid dienone is 2. The van der Waals surface area contributed by atoms with Gasteiger partial charge in [-0.25, -0.2) is 0 Å². The zero-order chi connectivity index (χ0) is 11.0. The zero-order valence-electron chi connectivity index (χ0n) is 9.10. The first-order chi connectivity index (χ1) is 7.19. The highest BCUT2D eigenvalue weighted by Crippen LogP contribution is 2.42. The molecule has 3 nitrogen and oxygen atoms in total. The Labute approximate surface area is 89.5 Å². The molecule has 4 atom stereocenters. The molecular weight excluding hydrogens is 192 g/mol. The van der Waals surface area contributed by atoms with Crippen molar-refractivity contribution < 1.29 is 14.3 Å². The van der Waals surface area contributed by atoms with Crippen molar-refractivity contribution in [2.24, 2.45) is 23.7 Å². The van der Waals surface area contributed by atoms with Crippen LogP contribution in [0, 0.1) is 23.7 Å². The van der Waals surface area contributed by atoms with Gasteiger partial charge in [0.05, 0.1) is 11.8 Å². The molecule has 2 rings (SSSR count). The van der Waals surface area contributed by atoms with Gasteiger partial charge >= 0.3 is 11.9 Å². The lowest BCUT2D eigenvalue weighted by molar-refractivity contribution is -0.154. The third-order valence-corrected chi connectivity index (χ3v) is 3.60. The molecule has 1 aliphatic heterocycles. The molecule has 0 aromatic heterocycles. The van der Waals surface area contributed by atoms with E-state index in [0.29, 0.717) is 0 Å². The first kappa shape index (κ1) is 10.4. The van der Waals surface area contributed by atoms with Crippen LogP contribution < -0.4 is 0 Å². The number of cyclic esters (lactones) is 2. The van der Waals surface area contributed by atoms with Crippen LogP contribution in [0.2, 0.25) is 0 Å². The van der Waals surface area contributed by atoms with Crippen LogP contribution in [0.1, 0.15) is 26.7 Å². The Morgan fingerprint density at radius 1 is 1.00 bits per heavy atom. The minimum Gasteiger partial charge on any atom is -0.393 e. The highest BCUT2D eigenvalue weighted by atomic mass is 16.6. The van der Waals surface area contributed by atoms with Crippen LogP contribution in [0.3, 0.4) is 0 Å². The van der Waals surface area contributed by atoms with Gasteiger partial charge in [-0.05, 0) is 24.7 Å². The molecule has 0 aromatic rings. The van der Waals surface area contributed by atoms with Crippen molar-refractivity contribution in [3.63, 3.8) is 0 Å². The maximum absolute atomic E-state index is 11.6. The van der Waals surface area contributed by atoms with E-state index in [2.05, 4.69) is 12.2 Å². The van der Waals surface area contributed by atoms with Crippen molar-refractivity contribution in [3.8, 4) is 0 Å². The summed E-state index contributed by atoms with van der Waals surface area (Å²) in [6.45, 7) is 4.07. The van der Waals surface area contributed by atoms with Gasteiger partial charge in [0.25, 0.3) is 0 Å². The zero-order valence-corrected chi connectivity index (χ0v) is 9.10. The molecule has 0 N–H and O–H groups in total. The standard InChI is InChI=1S/C12H16O3/c1-3-7-5-6-8(4-2)10-9(7)11(13)15-12(10)14/h5-10H,3-4H2,1-2H3. The van der Waals surface area contributed by atoms with E-state index in [-0.39, 0.29) is 35.6 Å². The lowest BCUT2D eigenvalue weighted by atomic mass is 9.70. The number of carbonyl (C=O) groups is 2. The monoisotopic (exact) mass is 208 g/mol. The number of carbonyl (C=O) groups excluding carboxylic acids is 2. The second kappa shape index (κ2) is 3.80. The van der Waals surface area contributed by atoms with Crippen LogP contribution in [0.4, 0.5) is 0 Å². The molecular formula is C12H16O3. The maximum atomic E-state index is 11.6. The summed E-state index contributed by atoms with van der Waals surface area (Å²) in [6.07, 6.45) is 5.93. The van der Waals surface area contributed by atoms with Gasteiger partial charge < -0.3 is 4.74 Å². The summed E-state index contributed by atoms with van der Waals surface area (Å²) >= 11 is 0. The van der Waals surface area contributed by atoms with E-state index < -0.39 is 0 Å². The van der Waals surface area contributed by atoms with E-state index in [4.69, 9.17) is 4.74 Å². The van der Waals surface area contributed by atoms with Crippen LogP contribution in [0.5, 0.6) is 0 Å². The lowest BCUT2D eigenvalue weighted by Crippen LogP contribution is -2.33. The first-order valence-corrected chi connectivity index (χ1v) is 5.62. The second-order valence-corrected chi connectivity index (χ2v) is 4.32. The molecule has 15 heavy (non-hydrogen) atoms. The minimum atomic E-state index is -0.320. The number of ether oxygens (including phenoxy) is 1. The van der Waals surface area contributed by atoms with Crippen molar-refractivity contribution in [2.75, 3.05) is 0 Å². The minimum absolute atomic E-state index is 0.178. The van der Waals surface area contributed by atoms with E-state index in [1.54, 1.807) is 0 Å². The molecule has 1 aliphatic carbocycles. The Morgan fingerprint density at radius 2 is 1.40 bits per heavy atom. The summed E-state index contributed by atoms with van der Waals surface area (Å²) in [5, 5.41) is 0. The summed E-state index contributed by atoms with van der Waals surface area (Å²) in [4.78, 5) is 23.1. The van der Waals surface area contributed by atoms with Gasteiger partial charge in [-0.1, -0.05) is 26.0 Å². The highest BCUT2D eigenvalue weighted by Gasteiger charge is 2.51. The van der Waals surface area contributed by atoms with E-state index in [0.717, 1.165) is 12.8 Å². The Bertz CT molecular complexity index is 289. The number of esters is 2. The molecule has 3 heteroatoms. The summed E-state index contributed by atoms with van der Waals surface area (Å²) in [7, 11) is 0. The molecule has 4 unspecified atom stereocenters. The summed E-state index contributed by atoms with van der Waals surface area (Å²) in [5.74, 6) is -0.734. The fraction of sp³-hybridized carbons (Fsp3) is 0.667. The molecule has 0 saturated carbocycles. The van der Waals surface area contributed by atoms with Gasteiger partial charge in [0.2, 0.25) is 0 Å². The van der Waals surface area contributed by atoms with Crippen molar-refractivity contribution in [2.45, 2.75) is 26.7 Å². The maximum Gasteiger partial charge on any atom is 0.318 e. The quantitative estimate of drug-likeness (QED) is 0.395. The van der Waals surface area contributed by atoms with E-state index in [1.165, 1.54) is 0 Å². The number of hydrogen-bond donors (Lipinski definition) is 0. The average molecular weight is 208 g/mol. The molecule has 0 radical (unpaired) electrons. The number of fused-ring (bicyclic) bond motifs is 1.